The third kappa shape index (κ3) is 4.30. The van der Waals surface area contributed by atoms with E-state index >= 15 is 0 Å². The summed E-state index contributed by atoms with van der Waals surface area (Å²) >= 11 is 0. The normalized spacial score (nSPS) is 26.2. The smallest absolute Gasteiger partial charge is 0.222 e. The van der Waals surface area contributed by atoms with E-state index in [4.69, 9.17) is 5.73 Å². The Morgan fingerprint density at radius 2 is 2.12 bits per heavy atom. The highest BCUT2D eigenvalue weighted by Crippen LogP contribution is 2.24. The molecule has 1 fully saturated rings. The second-order valence-electron chi connectivity index (χ2n) is 5.63. The van der Waals surface area contributed by atoms with Gasteiger partial charge < -0.3 is 10.6 Å². The van der Waals surface area contributed by atoms with Crippen LogP contribution in [0.1, 0.15) is 52.9 Å². The molecule has 0 radical (unpaired) electrons. The van der Waals surface area contributed by atoms with Gasteiger partial charge in [-0.05, 0) is 44.6 Å². The van der Waals surface area contributed by atoms with Crippen molar-refractivity contribution in [1.29, 1.82) is 0 Å². The van der Waals surface area contributed by atoms with Crippen molar-refractivity contribution in [3.05, 3.63) is 0 Å². The molecule has 1 saturated heterocycles. The van der Waals surface area contributed by atoms with Gasteiger partial charge in [0.25, 0.3) is 0 Å². The van der Waals surface area contributed by atoms with E-state index in [-0.39, 0.29) is 0 Å². The standard InChI is InChI=1S/C14H28N2O/c1-4-13(7-8-15)5-6-14(17)16-10-11(2)9-12(16)3/h11-13H,4-10,15H2,1-3H3. The summed E-state index contributed by atoms with van der Waals surface area (Å²) in [6.07, 6.45) is 5.05. The molecule has 0 spiro atoms. The van der Waals surface area contributed by atoms with Crippen molar-refractivity contribution in [1.82, 2.24) is 4.90 Å². The second-order valence-corrected chi connectivity index (χ2v) is 5.63. The van der Waals surface area contributed by atoms with Gasteiger partial charge in [-0.25, -0.2) is 0 Å². The zero-order valence-electron chi connectivity index (χ0n) is 11.6. The molecule has 100 valence electrons. The lowest BCUT2D eigenvalue weighted by molar-refractivity contribution is -0.132. The minimum absolute atomic E-state index is 0.345. The Bertz CT molecular complexity index is 242. The maximum absolute atomic E-state index is 12.1. The Labute approximate surface area is 106 Å². The van der Waals surface area contributed by atoms with Crippen LogP contribution < -0.4 is 5.73 Å². The van der Waals surface area contributed by atoms with Crippen LogP contribution in [-0.2, 0) is 4.79 Å². The van der Waals surface area contributed by atoms with Gasteiger partial charge in [-0.3, -0.25) is 4.79 Å². The molecule has 0 aliphatic carbocycles. The molecule has 1 aliphatic heterocycles. The number of amides is 1. The zero-order chi connectivity index (χ0) is 12.8. The number of carbonyl (C=O) groups excluding carboxylic acids is 1. The van der Waals surface area contributed by atoms with Crippen LogP contribution in [0.4, 0.5) is 0 Å². The average Bonchev–Trinajstić information content (AvgIpc) is 2.63. The fraction of sp³-hybridized carbons (Fsp3) is 0.929. The van der Waals surface area contributed by atoms with Crippen molar-refractivity contribution in [3.63, 3.8) is 0 Å². The van der Waals surface area contributed by atoms with Crippen molar-refractivity contribution in [2.45, 2.75) is 58.9 Å². The highest BCUT2D eigenvalue weighted by atomic mass is 16.2. The van der Waals surface area contributed by atoms with Gasteiger partial charge in [0.1, 0.15) is 0 Å². The molecule has 3 nitrogen and oxygen atoms in total. The molecule has 0 aromatic carbocycles. The van der Waals surface area contributed by atoms with Gasteiger partial charge in [-0.2, -0.15) is 0 Å². The number of hydrogen-bond donors (Lipinski definition) is 1. The number of hydrogen-bond acceptors (Lipinski definition) is 2. The van der Waals surface area contributed by atoms with E-state index in [1.54, 1.807) is 0 Å². The second kappa shape index (κ2) is 7.00. The lowest BCUT2D eigenvalue weighted by Crippen LogP contribution is -2.34. The first-order valence-corrected chi connectivity index (χ1v) is 7.08. The topological polar surface area (TPSA) is 46.3 Å². The van der Waals surface area contributed by atoms with Crippen LogP contribution in [0.25, 0.3) is 0 Å². The minimum atomic E-state index is 0.345. The zero-order valence-corrected chi connectivity index (χ0v) is 11.6. The van der Waals surface area contributed by atoms with Gasteiger partial charge in [-0.1, -0.05) is 20.3 Å². The summed E-state index contributed by atoms with van der Waals surface area (Å²) in [5, 5.41) is 0. The van der Waals surface area contributed by atoms with Crippen molar-refractivity contribution in [3.8, 4) is 0 Å². The maximum Gasteiger partial charge on any atom is 0.222 e. The van der Waals surface area contributed by atoms with Gasteiger partial charge in [0.05, 0.1) is 0 Å². The van der Waals surface area contributed by atoms with Crippen LogP contribution in [0, 0.1) is 11.8 Å². The summed E-state index contributed by atoms with van der Waals surface area (Å²) < 4.78 is 0. The molecule has 17 heavy (non-hydrogen) atoms. The molecule has 3 heteroatoms. The van der Waals surface area contributed by atoms with Crippen LogP contribution in [0.5, 0.6) is 0 Å². The van der Waals surface area contributed by atoms with Crippen LogP contribution in [-0.4, -0.2) is 29.9 Å². The first-order valence-electron chi connectivity index (χ1n) is 7.08. The third-order valence-electron chi connectivity index (χ3n) is 4.02. The summed E-state index contributed by atoms with van der Waals surface area (Å²) in [6, 6.07) is 0.437. The van der Waals surface area contributed by atoms with Crippen LogP contribution >= 0.6 is 0 Å². The first kappa shape index (κ1) is 14.5. The van der Waals surface area contributed by atoms with E-state index in [1.165, 1.54) is 0 Å². The molecule has 1 aliphatic rings. The van der Waals surface area contributed by atoms with E-state index in [2.05, 4.69) is 25.7 Å². The van der Waals surface area contributed by atoms with Crippen molar-refractivity contribution >= 4 is 5.91 Å². The minimum Gasteiger partial charge on any atom is -0.340 e. The van der Waals surface area contributed by atoms with Gasteiger partial charge >= 0.3 is 0 Å². The van der Waals surface area contributed by atoms with Crippen molar-refractivity contribution < 1.29 is 4.79 Å². The van der Waals surface area contributed by atoms with Crippen molar-refractivity contribution in [2.24, 2.45) is 17.6 Å². The fourth-order valence-electron chi connectivity index (χ4n) is 2.91. The Kier molecular flexibility index (Phi) is 5.96. The monoisotopic (exact) mass is 240 g/mol. The van der Waals surface area contributed by atoms with Crippen LogP contribution in [0.15, 0.2) is 0 Å². The lowest BCUT2D eigenvalue weighted by Gasteiger charge is -2.22. The fourth-order valence-corrected chi connectivity index (χ4v) is 2.91. The SMILES string of the molecule is CCC(CCN)CCC(=O)N1CC(C)CC1C. The number of likely N-dealkylation sites (tertiary alicyclic amines) is 1. The predicted molar refractivity (Wildman–Crippen MR) is 71.6 cm³/mol. The third-order valence-corrected chi connectivity index (χ3v) is 4.02. The quantitative estimate of drug-likeness (QED) is 0.775. The Hall–Kier alpha value is -0.570. The van der Waals surface area contributed by atoms with E-state index in [0.717, 1.165) is 38.8 Å². The summed E-state index contributed by atoms with van der Waals surface area (Å²) in [5.41, 5.74) is 5.58. The summed E-state index contributed by atoms with van der Waals surface area (Å²) in [7, 11) is 0. The van der Waals surface area contributed by atoms with E-state index in [1.807, 2.05) is 0 Å². The molecular formula is C14H28N2O. The van der Waals surface area contributed by atoms with Gasteiger partial charge in [0, 0.05) is 19.0 Å². The largest absolute Gasteiger partial charge is 0.340 e. The highest BCUT2D eigenvalue weighted by Gasteiger charge is 2.29. The summed E-state index contributed by atoms with van der Waals surface area (Å²) in [6.45, 7) is 8.27. The molecule has 0 aromatic heterocycles. The Balaban J connectivity index is 2.33. The number of carbonyl (C=O) groups is 1. The van der Waals surface area contributed by atoms with E-state index in [0.29, 0.717) is 30.2 Å². The maximum atomic E-state index is 12.1. The average molecular weight is 240 g/mol. The number of nitrogens with two attached hydrogens (primary N) is 1. The molecule has 2 N–H and O–H groups in total. The molecule has 0 aromatic rings. The van der Waals surface area contributed by atoms with Gasteiger partial charge in [-0.15, -0.1) is 0 Å². The molecule has 1 rings (SSSR count). The molecule has 0 bridgehead atoms. The van der Waals surface area contributed by atoms with Crippen molar-refractivity contribution in [2.75, 3.05) is 13.1 Å². The predicted octanol–water partition coefficient (Wildman–Crippen LogP) is 2.40. The summed E-state index contributed by atoms with van der Waals surface area (Å²) in [5.74, 6) is 1.64. The van der Waals surface area contributed by atoms with Gasteiger partial charge in [0.2, 0.25) is 5.91 Å². The lowest BCUT2D eigenvalue weighted by atomic mass is 9.96. The number of nitrogens with zero attached hydrogens (tertiary/aromatic N) is 1. The van der Waals surface area contributed by atoms with Crippen LogP contribution in [0.2, 0.25) is 0 Å². The van der Waals surface area contributed by atoms with Gasteiger partial charge in [0.15, 0.2) is 0 Å². The first-order chi connectivity index (χ1) is 8.08. The van der Waals surface area contributed by atoms with E-state index in [9.17, 15) is 4.79 Å². The molecular weight excluding hydrogens is 212 g/mol. The van der Waals surface area contributed by atoms with Crippen LogP contribution in [0.3, 0.4) is 0 Å². The summed E-state index contributed by atoms with van der Waals surface area (Å²) in [4.78, 5) is 14.2. The highest BCUT2D eigenvalue weighted by molar-refractivity contribution is 5.76. The van der Waals surface area contributed by atoms with E-state index < -0.39 is 0 Å². The Morgan fingerprint density at radius 3 is 2.59 bits per heavy atom. The number of rotatable bonds is 6. The molecule has 0 saturated carbocycles. The molecule has 1 heterocycles. The molecule has 3 atom stereocenters. The molecule has 3 unspecified atom stereocenters. The Morgan fingerprint density at radius 1 is 1.41 bits per heavy atom. The molecule has 1 amide bonds.